The Labute approximate surface area is 170 Å². The van der Waals surface area contributed by atoms with Crippen molar-refractivity contribution in [2.24, 2.45) is 5.92 Å². The minimum absolute atomic E-state index is 0.0322. The van der Waals surface area contributed by atoms with Crippen molar-refractivity contribution in [2.75, 3.05) is 6.61 Å². The van der Waals surface area contributed by atoms with Crippen LogP contribution in [0.1, 0.15) is 70.3 Å². The summed E-state index contributed by atoms with van der Waals surface area (Å²) in [5, 5.41) is 0. The lowest BCUT2D eigenvalue weighted by Crippen LogP contribution is -2.13. The topological polar surface area (TPSA) is 9.23 Å². The molecule has 0 bridgehead atoms. The molecule has 0 aliphatic heterocycles. The number of halogens is 4. The van der Waals surface area contributed by atoms with E-state index in [9.17, 15) is 17.6 Å². The Morgan fingerprint density at radius 1 is 0.793 bits per heavy atom. The zero-order valence-corrected chi connectivity index (χ0v) is 17.0. The number of unbranched alkanes of at least 4 members (excludes halogenated alkanes) is 2. The first-order valence-corrected chi connectivity index (χ1v) is 10.5. The highest BCUT2D eigenvalue weighted by atomic mass is 19.2. The molecule has 3 rings (SSSR count). The van der Waals surface area contributed by atoms with E-state index in [-0.39, 0.29) is 29.4 Å². The van der Waals surface area contributed by atoms with Crippen LogP contribution in [0.4, 0.5) is 17.6 Å². The molecule has 1 aliphatic rings. The minimum Gasteiger partial charge on any atom is -0.490 e. The lowest BCUT2D eigenvalue weighted by Gasteiger charge is -2.27. The van der Waals surface area contributed by atoms with Crippen LogP contribution in [0.2, 0.25) is 0 Å². The van der Waals surface area contributed by atoms with Gasteiger partial charge < -0.3 is 4.74 Å². The highest BCUT2D eigenvalue weighted by Gasteiger charge is 2.26. The Morgan fingerprint density at radius 3 is 2.07 bits per heavy atom. The van der Waals surface area contributed by atoms with Gasteiger partial charge in [0.1, 0.15) is 0 Å². The van der Waals surface area contributed by atoms with Gasteiger partial charge in [0.15, 0.2) is 23.2 Å². The van der Waals surface area contributed by atoms with Crippen LogP contribution in [0.3, 0.4) is 0 Å². The van der Waals surface area contributed by atoms with Crippen molar-refractivity contribution in [3.63, 3.8) is 0 Å². The Morgan fingerprint density at radius 2 is 1.41 bits per heavy atom. The monoisotopic (exact) mass is 408 g/mol. The van der Waals surface area contributed by atoms with Gasteiger partial charge >= 0.3 is 0 Å². The fraction of sp³-hybridized carbons (Fsp3) is 0.500. The van der Waals surface area contributed by atoms with Gasteiger partial charge in [-0.05, 0) is 48.8 Å². The molecule has 158 valence electrons. The zero-order valence-electron chi connectivity index (χ0n) is 17.0. The number of hydrogen-bond donors (Lipinski definition) is 0. The lowest BCUT2D eigenvalue weighted by atomic mass is 9.79. The molecule has 0 unspecified atom stereocenters. The van der Waals surface area contributed by atoms with E-state index >= 15 is 0 Å². The van der Waals surface area contributed by atoms with Crippen molar-refractivity contribution in [1.29, 1.82) is 0 Å². The van der Waals surface area contributed by atoms with Gasteiger partial charge in [-0.2, -0.15) is 4.39 Å². The van der Waals surface area contributed by atoms with E-state index in [1.54, 1.807) is 0 Å². The fourth-order valence-corrected chi connectivity index (χ4v) is 4.04. The van der Waals surface area contributed by atoms with Crippen molar-refractivity contribution >= 4 is 0 Å². The second kappa shape index (κ2) is 9.64. The van der Waals surface area contributed by atoms with E-state index in [0.717, 1.165) is 44.9 Å². The largest absolute Gasteiger partial charge is 0.490 e. The molecule has 29 heavy (non-hydrogen) atoms. The maximum atomic E-state index is 14.8. The molecular formula is C24H28F4O. The van der Waals surface area contributed by atoms with Gasteiger partial charge in [0.25, 0.3) is 0 Å². The average molecular weight is 408 g/mol. The van der Waals surface area contributed by atoms with Gasteiger partial charge in [0, 0.05) is 11.1 Å². The summed E-state index contributed by atoms with van der Waals surface area (Å²) in [6.07, 6.45) is 6.23. The van der Waals surface area contributed by atoms with Gasteiger partial charge in [-0.1, -0.05) is 51.7 Å². The fourth-order valence-electron chi connectivity index (χ4n) is 4.04. The number of benzene rings is 2. The van der Waals surface area contributed by atoms with Crippen LogP contribution in [0, 0.1) is 29.2 Å². The third-order valence-corrected chi connectivity index (χ3v) is 5.91. The zero-order chi connectivity index (χ0) is 21.0. The summed E-state index contributed by atoms with van der Waals surface area (Å²) < 4.78 is 63.8. The Hall–Kier alpha value is -2.04. The van der Waals surface area contributed by atoms with Crippen LogP contribution >= 0.6 is 0 Å². The molecule has 5 heteroatoms. The predicted octanol–water partition coefficient (Wildman–Crippen LogP) is 7.77. The maximum Gasteiger partial charge on any atom is 0.201 e. The second-order valence-corrected chi connectivity index (χ2v) is 8.08. The molecule has 0 aromatic heterocycles. The van der Waals surface area contributed by atoms with Crippen LogP contribution in [0.5, 0.6) is 5.75 Å². The number of hydrogen-bond acceptors (Lipinski definition) is 1. The molecule has 1 saturated carbocycles. The van der Waals surface area contributed by atoms with E-state index in [0.29, 0.717) is 11.5 Å². The second-order valence-electron chi connectivity index (χ2n) is 8.08. The van der Waals surface area contributed by atoms with Crippen LogP contribution < -0.4 is 4.74 Å². The van der Waals surface area contributed by atoms with Crippen molar-refractivity contribution < 1.29 is 22.3 Å². The highest BCUT2D eigenvalue weighted by Crippen LogP contribution is 2.39. The first-order chi connectivity index (χ1) is 13.9. The van der Waals surface area contributed by atoms with Gasteiger partial charge in [0.2, 0.25) is 5.82 Å². The predicted molar refractivity (Wildman–Crippen MR) is 107 cm³/mol. The van der Waals surface area contributed by atoms with Crippen LogP contribution in [0.15, 0.2) is 24.3 Å². The van der Waals surface area contributed by atoms with Crippen LogP contribution in [-0.2, 0) is 0 Å². The van der Waals surface area contributed by atoms with Crippen LogP contribution in [-0.4, -0.2) is 6.61 Å². The molecule has 1 nitrogen and oxygen atoms in total. The molecular weight excluding hydrogens is 380 g/mol. The molecule has 0 heterocycles. The third kappa shape index (κ3) is 4.76. The third-order valence-electron chi connectivity index (χ3n) is 5.91. The van der Waals surface area contributed by atoms with Gasteiger partial charge in [-0.15, -0.1) is 0 Å². The highest BCUT2D eigenvalue weighted by molar-refractivity contribution is 5.66. The summed E-state index contributed by atoms with van der Waals surface area (Å²) in [5.41, 5.74) is -0.247. The molecule has 1 aliphatic carbocycles. The van der Waals surface area contributed by atoms with Crippen LogP contribution in [0.25, 0.3) is 11.1 Å². The summed E-state index contributed by atoms with van der Waals surface area (Å²) in [5.74, 6) is -4.14. The lowest BCUT2D eigenvalue weighted by molar-refractivity contribution is 0.286. The van der Waals surface area contributed by atoms with Gasteiger partial charge in [-0.25, -0.2) is 13.2 Å². The SMILES string of the molecule is CCCCCOc1ccc(-c2ccc(C3CCC(C)CC3)c(F)c2F)c(F)c1F. The molecule has 0 amide bonds. The summed E-state index contributed by atoms with van der Waals surface area (Å²) >= 11 is 0. The molecule has 0 saturated heterocycles. The Bertz CT molecular complexity index is 841. The first kappa shape index (κ1) is 21.7. The van der Waals surface area contributed by atoms with Gasteiger partial charge in [0.05, 0.1) is 6.61 Å². The molecule has 2 aromatic rings. The van der Waals surface area contributed by atoms with Crippen molar-refractivity contribution in [1.82, 2.24) is 0 Å². The van der Waals surface area contributed by atoms with Crippen molar-refractivity contribution in [2.45, 2.75) is 64.7 Å². The molecule has 0 N–H and O–H groups in total. The van der Waals surface area contributed by atoms with E-state index in [1.807, 2.05) is 6.92 Å². The minimum atomic E-state index is -1.23. The summed E-state index contributed by atoms with van der Waals surface area (Å²) in [4.78, 5) is 0. The normalized spacial score (nSPS) is 19.4. The van der Waals surface area contributed by atoms with E-state index in [4.69, 9.17) is 4.74 Å². The quantitative estimate of drug-likeness (QED) is 0.336. The van der Waals surface area contributed by atoms with Gasteiger partial charge in [-0.3, -0.25) is 0 Å². The summed E-state index contributed by atoms with van der Waals surface area (Å²) in [7, 11) is 0. The summed E-state index contributed by atoms with van der Waals surface area (Å²) in [6, 6.07) is 5.38. The van der Waals surface area contributed by atoms with E-state index < -0.39 is 23.3 Å². The molecule has 2 aromatic carbocycles. The molecule has 0 spiro atoms. The Balaban J connectivity index is 1.85. The summed E-state index contributed by atoms with van der Waals surface area (Å²) in [6.45, 7) is 4.47. The Kier molecular flexibility index (Phi) is 7.20. The molecule has 1 fully saturated rings. The van der Waals surface area contributed by atoms with E-state index in [2.05, 4.69) is 6.92 Å². The first-order valence-electron chi connectivity index (χ1n) is 10.5. The maximum absolute atomic E-state index is 14.8. The van der Waals surface area contributed by atoms with Crippen molar-refractivity contribution in [3.8, 4) is 16.9 Å². The molecule has 0 radical (unpaired) electrons. The van der Waals surface area contributed by atoms with Crippen molar-refractivity contribution in [3.05, 3.63) is 53.1 Å². The molecule has 0 atom stereocenters. The number of ether oxygens (including phenoxy) is 1. The average Bonchev–Trinajstić information content (AvgIpc) is 2.72. The van der Waals surface area contributed by atoms with E-state index in [1.165, 1.54) is 24.3 Å². The number of rotatable bonds is 7. The smallest absolute Gasteiger partial charge is 0.201 e. The standard InChI is InChI=1S/C24H28F4O/c1-3-4-5-14-29-20-13-12-19(23(27)24(20)28)18-11-10-17(21(25)22(18)26)16-8-6-15(2)7-9-16/h10-13,15-16H,3-9,14H2,1-2H3.